The van der Waals surface area contributed by atoms with Gasteiger partial charge in [0.15, 0.2) is 11.6 Å². The zero-order chi connectivity index (χ0) is 17.9. The summed E-state index contributed by atoms with van der Waals surface area (Å²) in [5, 5.41) is 0.947. The Morgan fingerprint density at radius 2 is 1.73 bits per heavy atom. The van der Waals surface area contributed by atoms with E-state index in [2.05, 4.69) is 22.1 Å². The van der Waals surface area contributed by atoms with Crippen molar-refractivity contribution in [3.8, 4) is 38.0 Å². The highest BCUT2D eigenvalue weighted by Gasteiger charge is 2.17. The minimum Gasteiger partial charge on any atom is -0.493 e. The van der Waals surface area contributed by atoms with Crippen LogP contribution in [-0.4, -0.2) is 22.1 Å². The highest BCUT2D eigenvalue weighted by molar-refractivity contribution is 7.19. The zero-order valence-corrected chi connectivity index (χ0v) is 14.9. The van der Waals surface area contributed by atoms with Gasteiger partial charge in [0.2, 0.25) is 0 Å². The number of nitrogens with zero attached hydrogens (tertiary/aromatic N) is 3. The molecule has 0 amide bonds. The van der Waals surface area contributed by atoms with Crippen LogP contribution < -0.4 is 10.5 Å². The number of aromatic nitrogens is 3. The highest BCUT2D eigenvalue weighted by Crippen LogP contribution is 2.41. The first-order valence-electron chi connectivity index (χ1n) is 8.03. The van der Waals surface area contributed by atoms with Crippen LogP contribution in [-0.2, 0) is 0 Å². The van der Waals surface area contributed by atoms with E-state index in [9.17, 15) is 0 Å². The summed E-state index contributed by atoms with van der Waals surface area (Å²) in [4.78, 5) is 14.3. The topological polar surface area (TPSA) is 73.9 Å². The average Bonchev–Trinajstić information content (AvgIpc) is 3.15. The molecule has 0 fully saturated rings. The quantitative estimate of drug-likeness (QED) is 0.579. The second kappa shape index (κ2) is 6.93. The predicted octanol–water partition coefficient (Wildman–Crippen LogP) is 4.52. The Hall–Kier alpha value is -3.25. The molecule has 0 saturated heterocycles. The van der Waals surface area contributed by atoms with Gasteiger partial charge >= 0.3 is 0 Å². The van der Waals surface area contributed by atoms with Crippen molar-refractivity contribution in [2.75, 3.05) is 12.8 Å². The fraction of sp³-hybridized carbons (Fsp3) is 0.0500. The number of hydrogen-bond acceptors (Lipinski definition) is 6. The van der Waals surface area contributed by atoms with Crippen LogP contribution in [0.15, 0.2) is 67.1 Å². The number of anilines is 1. The van der Waals surface area contributed by atoms with Gasteiger partial charge in [0.25, 0.3) is 0 Å². The van der Waals surface area contributed by atoms with Crippen LogP contribution in [0.5, 0.6) is 5.75 Å². The van der Waals surface area contributed by atoms with Crippen molar-refractivity contribution >= 4 is 17.2 Å². The molecule has 0 radical (unpaired) electrons. The predicted molar refractivity (Wildman–Crippen MR) is 105 cm³/mol. The second-order valence-electron chi connectivity index (χ2n) is 5.61. The van der Waals surface area contributed by atoms with Crippen LogP contribution in [0, 0.1) is 0 Å². The standard InChI is InChI=1S/C20H16N4OS/c1-25-16-11-15(12-23-19(16)21)18-17(13-7-9-22-10-8-13)24-20(26-18)14-5-3-2-4-6-14/h2-12H,1H3,(H2,21,23). The fourth-order valence-corrected chi connectivity index (χ4v) is 3.74. The maximum Gasteiger partial charge on any atom is 0.166 e. The Balaban J connectivity index is 1.91. The molecule has 0 bridgehead atoms. The summed E-state index contributed by atoms with van der Waals surface area (Å²) in [7, 11) is 1.59. The summed E-state index contributed by atoms with van der Waals surface area (Å²) >= 11 is 1.62. The maximum atomic E-state index is 5.87. The summed E-state index contributed by atoms with van der Waals surface area (Å²) in [6, 6.07) is 15.9. The molecule has 0 aliphatic heterocycles. The molecule has 0 atom stereocenters. The van der Waals surface area contributed by atoms with Crippen LogP contribution in [0.4, 0.5) is 5.82 Å². The smallest absolute Gasteiger partial charge is 0.166 e. The first-order valence-corrected chi connectivity index (χ1v) is 8.84. The number of pyridine rings is 2. The van der Waals surface area contributed by atoms with E-state index in [0.29, 0.717) is 11.6 Å². The normalized spacial score (nSPS) is 10.7. The largest absolute Gasteiger partial charge is 0.493 e. The molecule has 3 aromatic heterocycles. The maximum absolute atomic E-state index is 5.87. The number of benzene rings is 1. The molecule has 1 aromatic carbocycles. The van der Waals surface area contributed by atoms with Gasteiger partial charge < -0.3 is 10.5 Å². The number of methoxy groups -OCH3 is 1. The van der Waals surface area contributed by atoms with E-state index >= 15 is 0 Å². The van der Waals surface area contributed by atoms with Crippen molar-refractivity contribution in [1.29, 1.82) is 0 Å². The van der Waals surface area contributed by atoms with Gasteiger partial charge in [0.1, 0.15) is 5.01 Å². The Labute approximate surface area is 155 Å². The number of ether oxygens (including phenoxy) is 1. The van der Waals surface area contributed by atoms with Gasteiger partial charge in [-0.2, -0.15) is 0 Å². The van der Waals surface area contributed by atoms with Crippen molar-refractivity contribution in [2.24, 2.45) is 0 Å². The zero-order valence-electron chi connectivity index (χ0n) is 14.1. The van der Waals surface area contributed by atoms with Gasteiger partial charge in [-0.1, -0.05) is 30.3 Å². The van der Waals surface area contributed by atoms with Crippen LogP contribution in [0.2, 0.25) is 0 Å². The van der Waals surface area contributed by atoms with Gasteiger partial charge in [-0.3, -0.25) is 4.98 Å². The van der Waals surface area contributed by atoms with Gasteiger partial charge in [-0.15, -0.1) is 11.3 Å². The summed E-state index contributed by atoms with van der Waals surface area (Å²) < 4.78 is 5.33. The monoisotopic (exact) mass is 360 g/mol. The van der Waals surface area contributed by atoms with Crippen molar-refractivity contribution in [3.63, 3.8) is 0 Å². The van der Waals surface area contributed by atoms with Gasteiger partial charge in [0, 0.05) is 35.3 Å². The van der Waals surface area contributed by atoms with Gasteiger partial charge in [-0.05, 0) is 18.2 Å². The summed E-state index contributed by atoms with van der Waals surface area (Å²) in [5.41, 5.74) is 9.76. The highest BCUT2D eigenvalue weighted by atomic mass is 32.1. The lowest BCUT2D eigenvalue weighted by Gasteiger charge is -2.06. The Bertz CT molecular complexity index is 1030. The van der Waals surface area contributed by atoms with E-state index < -0.39 is 0 Å². The van der Waals surface area contributed by atoms with Crippen molar-refractivity contribution < 1.29 is 4.74 Å². The fourth-order valence-electron chi connectivity index (χ4n) is 2.67. The van der Waals surface area contributed by atoms with Crippen molar-refractivity contribution in [3.05, 3.63) is 67.1 Å². The molecular weight excluding hydrogens is 344 g/mol. The molecule has 5 nitrogen and oxygen atoms in total. The average molecular weight is 360 g/mol. The van der Waals surface area contributed by atoms with Crippen LogP contribution >= 0.6 is 11.3 Å². The molecule has 4 rings (SSSR count). The van der Waals surface area contributed by atoms with E-state index in [1.54, 1.807) is 37.0 Å². The third-order valence-corrected chi connectivity index (χ3v) is 5.12. The van der Waals surface area contributed by atoms with E-state index in [4.69, 9.17) is 15.5 Å². The molecular formula is C20H16N4OS. The number of hydrogen-bond donors (Lipinski definition) is 1. The summed E-state index contributed by atoms with van der Waals surface area (Å²) in [5.74, 6) is 0.923. The van der Waals surface area contributed by atoms with E-state index in [1.807, 2.05) is 36.4 Å². The minimum absolute atomic E-state index is 0.370. The number of thiazole rings is 1. The molecule has 6 heteroatoms. The lowest BCUT2D eigenvalue weighted by Crippen LogP contribution is -1.95. The molecule has 2 N–H and O–H groups in total. The Morgan fingerprint density at radius 3 is 2.46 bits per heavy atom. The third-order valence-electron chi connectivity index (χ3n) is 3.97. The molecule has 0 unspecified atom stereocenters. The molecule has 26 heavy (non-hydrogen) atoms. The Kier molecular flexibility index (Phi) is 4.33. The SMILES string of the molecule is COc1cc(-c2sc(-c3ccccc3)nc2-c2ccncc2)cnc1N. The van der Waals surface area contributed by atoms with Crippen molar-refractivity contribution in [1.82, 2.24) is 15.0 Å². The third kappa shape index (κ3) is 3.02. The molecule has 0 aliphatic rings. The number of rotatable bonds is 4. The molecule has 0 spiro atoms. The van der Waals surface area contributed by atoms with Crippen LogP contribution in [0.25, 0.3) is 32.3 Å². The second-order valence-corrected chi connectivity index (χ2v) is 6.61. The van der Waals surface area contributed by atoms with Crippen LogP contribution in [0.1, 0.15) is 0 Å². The van der Waals surface area contributed by atoms with Crippen LogP contribution in [0.3, 0.4) is 0 Å². The summed E-state index contributed by atoms with van der Waals surface area (Å²) in [6.45, 7) is 0. The van der Waals surface area contributed by atoms with E-state index in [0.717, 1.165) is 32.3 Å². The first kappa shape index (κ1) is 16.2. The van der Waals surface area contributed by atoms with E-state index in [-0.39, 0.29) is 0 Å². The first-order chi connectivity index (χ1) is 12.8. The number of nitrogens with two attached hydrogens (primary N) is 1. The lowest BCUT2D eigenvalue weighted by molar-refractivity contribution is 0.415. The Morgan fingerprint density at radius 1 is 0.962 bits per heavy atom. The van der Waals surface area contributed by atoms with Gasteiger partial charge in [0.05, 0.1) is 17.7 Å². The lowest BCUT2D eigenvalue weighted by atomic mass is 10.1. The molecule has 4 aromatic rings. The van der Waals surface area contributed by atoms with E-state index in [1.165, 1.54) is 0 Å². The number of nitrogen functional groups attached to an aromatic ring is 1. The molecule has 3 heterocycles. The van der Waals surface area contributed by atoms with Gasteiger partial charge in [-0.25, -0.2) is 9.97 Å². The minimum atomic E-state index is 0.370. The molecule has 0 saturated carbocycles. The summed E-state index contributed by atoms with van der Waals surface area (Å²) in [6.07, 6.45) is 5.29. The molecule has 128 valence electrons. The molecule has 0 aliphatic carbocycles. The van der Waals surface area contributed by atoms with Crippen molar-refractivity contribution in [2.45, 2.75) is 0 Å².